The van der Waals surface area contributed by atoms with Crippen molar-refractivity contribution in [2.45, 2.75) is 12.2 Å². The third kappa shape index (κ3) is 2.04. The first kappa shape index (κ1) is 4.19. The number of benzene rings is 1. The van der Waals surface area contributed by atoms with Crippen LogP contribution < -0.4 is 0 Å². The fourth-order valence-electron chi connectivity index (χ4n) is 0.699. The highest BCUT2D eigenvalue weighted by atomic mass is 31.0. The standard InChI is InChI=1S/C8H12P2/c9-5-7-2-1-3-8(4-7)6-10/h1-4H,5-6,9-10H2/i5D2,6D2. The summed E-state index contributed by atoms with van der Waals surface area (Å²) in [7, 11) is 4.20. The molecule has 1 rings (SSSR count). The van der Waals surface area contributed by atoms with Gasteiger partial charge in [-0.05, 0) is 23.4 Å². The molecule has 0 aromatic heterocycles. The van der Waals surface area contributed by atoms with Crippen LogP contribution in [-0.4, -0.2) is 0 Å². The summed E-state index contributed by atoms with van der Waals surface area (Å²) < 4.78 is 29.9. The van der Waals surface area contributed by atoms with E-state index in [2.05, 4.69) is 18.5 Å². The quantitative estimate of drug-likeness (QED) is 0.604. The molecule has 10 heavy (non-hydrogen) atoms. The van der Waals surface area contributed by atoms with Crippen molar-refractivity contribution in [3.05, 3.63) is 35.4 Å². The summed E-state index contributed by atoms with van der Waals surface area (Å²) in [6, 6.07) is 6.49. The Bertz CT molecular complexity index is 298. The highest BCUT2D eigenvalue weighted by molar-refractivity contribution is 7.15. The maximum Gasteiger partial charge on any atom is 0.0360 e. The van der Waals surface area contributed by atoms with Gasteiger partial charge in [-0.1, -0.05) is 24.3 Å². The highest BCUT2D eigenvalue weighted by Crippen LogP contribution is 2.11. The van der Waals surface area contributed by atoms with Crippen LogP contribution in [0.3, 0.4) is 0 Å². The van der Waals surface area contributed by atoms with Crippen LogP contribution in [-0.2, 0) is 12.2 Å². The lowest BCUT2D eigenvalue weighted by atomic mass is 10.2. The van der Waals surface area contributed by atoms with E-state index < -0.39 is 12.2 Å². The van der Waals surface area contributed by atoms with Crippen LogP contribution in [0.15, 0.2) is 24.3 Å². The molecule has 0 aliphatic heterocycles. The van der Waals surface area contributed by atoms with E-state index in [9.17, 15) is 0 Å². The van der Waals surface area contributed by atoms with Crippen molar-refractivity contribution in [1.29, 1.82) is 0 Å². The molecule has 0 aliphatic carbocycles. The molecule has 0 radical (unpaired) electrons. The Labute approximate surface area is 72.4 Å². The molecule has 0 aliphatic rings. The molecule has 54 valence electrons. The lowest BCUT2D eigenvalue weighted by Crippen LogP contribution is -1.80. The first-order valence-corrected chi connectivity index (χ1v) is 4.05. The fourth-order valence-corrected chi connectivity index (χ4v) is 1.06. The van der Waals surface area contributed by atoms with E-state index in [1.165, 1.54) is 0 Å². The predicted molar refractivity (Wildman–Crippen MR) is 53.3 cm³/mol. The Kier molecular flexibility index (Phi) is 1.70. The van der Waals surface area contributed by atoms with Gasteiger partial charge in [0.2, 0.25) is 0 Å². The van der Waals surface area contributed by atoms with Gasteiger partial charge in [0.25, 0.3) is 0 Å². The number of hydrogen-bond donors (Lipinski definition) is 0. The first-order chi connectivity index (χ1) is 6.21. The molecular weight excluding hydrogens is 158 g/mol. The second kappa shape index (κ2) is 4.06. The average molecular weight is 174 g/mol. The smallest absolute Gasteiger partial charge is 0.0360 e. The van der Waals surface area contributed by atoms with Gasteiger partial charge < -0.3 is 0 Å². The molecule has 0 nitrogen and oxygen atoms in total. The highest BCUT2D eigenvalue weighted by Gasteiger charge is 1.89. The van der Waals surface area contributed by atoms with Gasteiger partial charge in [-0.2, -0.15) is 0 Å². The lowest BCUT2D eigenvalue weighted by molar-refractivity contribution is 1.33. The van der Waals surface area contributed by atoms with E-state index in [1.54, 1.807) is 24.3 Å². The van der Waals surface area contributed by atoms with Crippen LogP contribution in [0.5, 0.6) is 0 Å². The molecule has 1 aromatic rings. The van der Waals surface area contributed by atoms with Gasteiger partial charge in [0.1, 0.15) is 0 Å². The van der Waals surface area contributed by atoms with Crippen molar-refractivity contribution < 1.29 is 5.48 Å². The zero-order valence-electron chi connectivity index (χ0n) is 9.46. The van der Waals surface area contributed by atoms with Crippen LogP contribution in [0.1, 0.15) is 16.6 Å². The minimum atomic E-state index is -1.51. The van der Waals surface area contributed by atoms with E-state index in [4.69, 9.17) is 5.48 Å². The van der Waals surface area contributed by atoms with Crippen LogP contribution in [0.4, 0.5) is 0 Å². The average Bonchev–Trinajstić information content (AvgIpc) is 2.01. The summed E-state index contributed by atoms with van der Waals surface area (Å²) in [6.45, 7) is 0. The van der Waals surface area contributed by atoms with Crippen LogP contribution >= 0.6 is 18.5 Å². The van der Waals surface area contributed by atoms with Gasteiger partial charge in [-0.25, -0.2) is 0 Å². The molecule has 2 unspecified atom stereocenters. The van der Waals surface area contributed by atoms with Crippen molar-refractivity contribution in [1.82, 2.24) is 0 Å². The van der Waals surface area contributed by atoms with Gasteiger partial charge in [0, 0.05) is 5.48 Å². The third-order valence-electron chi connectivity index (χ3n) is 1.20. The Morgan fingerprint density at radius 1 is 1.20 bits per heavy atom. The maximum absolute atomic E-state index is 7.47. The molecule has 0 spiro atoms. The fraction of sp³-hybridized carbons (Fsp3) is 0.250. The van der Waals surface area contributed by atoms with E-state index in [0.717, 1.165) is 0 Å². The van der Waals surface area contributed by atoms with E-state index in [1.807, 2.05) is 0 Å². The van der Waals surface area contributed by atoms with Gasteiger partial charge in [0.05, 0.1) is 0 Å². The Hall–Kier alpha value is 0.0800. The molecule has 2 atom stereocenters. The summed E-state index contributed by atoms with van der Waals surface area (Å²) in [5, 5.41) is 0. The van der Waals surface area contributed by atoms with Crippen molar-refractivity contribution >= 4 is 18.5 Å². The van der Waals surface area contributed by atoms with Crippen LogP contribution in [0.2, 0.25) is 0 Å². The largest absolute Gasteiger partial charge is 0.133 e. The Balaban J connectivity index is 3.15. The van der Waals surface area contributed by atoms with E-state index in [-0.39, 0.29) is 0 Å². The molecule has 0 bridgehead atoms. The molecule has 1 aromatic carbocycles. The topological polar surface area (TPSA) is 0 Å². The normalized spacial score (nSPS) is 18.6. The maximum atomic E-state index is 7.47. The second-order valence-corrected chi connectivity index (χ2v) is 2.45. The lowest BCUT2D eigenvalue weighted by Gasteiger charge is -1.98. The van der Waals surface area contributed by atoms with Crippen molar-refractivity contribution in [2.24, 2.45) is 0 Å². The summed E-state index contributed by atoms with van der Waals surface area (Å²) in [5.74, 6) is 0. The van der Waals surface area contributed by atoms with Crippen LogP contribution in [0, 0.1) is 0 Å². The molecular formula is C8H12P2. The molecule has 0 heterocycles. The monoisotopic (exact) mass is 174 g/mol. The van der Waals surface area contributed by atoms with Crippen molar-refractivity contribution in [3.8, 4) is 0 Å². The first-order valence-electron chi connectivity index (χ1n) is 4.90. The van der Waals surface area contributed by atoms with Gasteiger partial charge in [-0.3, -0.25) is 0 Å². The number of rotatable bonds is 2. The summed E-state index contributed by atoms with van der Waals surface area (Å²) >= 11 is 0. The van der Waals surface area contributed by atoms with Crippen molar-refractivity contribution in [3.63, 3.8) is 0 Å². The molecule has 0 fully saturated rings. The minimum absolute atomic E-state index is 0.464. The summed E-state index contributed by atoms with van der Waals surface area (Å²) in [4.78, 5) is 0. The Morgan fingerprint density at radius 2 is 1.70 bits per heavy atom. The molecule has 0 saturated heterocycles. The molecule has 0 saturated carbocycles. The Morgan fingerprint density at radius 3 is 2.10 bits per heavy atom. The predicted octanol–water partition coefficient (Wildman–Crippen LogP) is 2.44. The van der Waals surface area contributed by atoms with Gasteiger partial charge in [-0.15, -0.1) is 18.5 Å². The zero-order valence-corrected chi connectivity index (χ0v) is 7.77. The van der Waals surface area contributed by atoms with E-state index in [0.29, 0.717) is 11.1 Å². The van der Waals surface area contributed by atoms with Gasteiger partial charge >= 0.3 is 0 Å². The minimum Gasteiger partial charge on any atom is -0.133 e. The zero-order chi connectivity index (χ0) is 11.0. The number of hydrogen-bond acceptors (Lipinski definition) is 0. The third-order valence-corrected chi connectivity index (χ3v) is 1.86. The molecule has 0 amide bonds. The summed E-state index contributed by atoms with van der Waals surface area (Å²) in [6.07, 6.45) is -3.02. The SMILES string of the molecule is [2H]C([2H])(P)c1cccc(C([2H])([2H])P)c1. The molecule has 2 heteroatoms. The van der Waals surface area contributed by atoms with Crippen LogP contribution in [0.25, 0.3) is 0 Å². The van der Waals surface area contributed by atoms with E-state index >= 15 is 0 Å². The summed E-state index contributed by atoms with van der Waals surface area (Å²) in [5.41, 5.74) is 0.928. The molecule has 0 N–H and O–H groups in total. The van der Waals surface area contributed by atoms with Crippen molar-refractivity contribution in [2.75, 3.05) is 0 Å². The van der Waals surface area contributed by atoms with Gasteiger partial charge in [0.15, 0.2) is 0 Å². The second-order valence-electron chi connectivity index (χ2n) is 1.87.